The highest BCUT2D eigenvalue weighted by Crippen LogP contribution is 2.32. The maximum Gasteiger partial charge on any atom is 0.260 e. The Morgan fingerprint density at radius 3 is 2.73 bits per heavy atom. The van der Waals surface area contributed by atoms with Crippen LogP contribution in [0.15, 0.2) is 47.4 Å². The molecule has 1 aliphatic heterocycles. The summed E-state index contributed by atoms with van der Waals surface area (Å²) in [6, 6.07) is 11.8. The van der Waals surface area contributed by atoms with E-state index in [9.17, 15) is 13.2 Å². The Hall–Kier alpha value is -2.53. The number of thiazole rings is 1. The number of aromatic nitrogens is 1. The highest BCUT2D eigenvalue weighted by atomic mass is 32.2. The van der Waals surface area contributed by atoms with Gasteiger partial charge in [-0.1, -0.05) is 24.3 Å². The van der Waals surface area contributed by atoms with Gasteiger partial charge in [-0.3, -0.25) is 14.6 Å². The summed E-state index contributed by atoms with van der Waals surface area (Å²) >= 11 is 1.41. The minimum Gasteiger partial charge on any atom is -0.497 e. The van der Waals surface area contributed by atoms with E-state index in [0.29, 0.717) is 37.0 Å². The smallest absolute Gasteiger partial charge is 0.260 e. The predicted octanol–water partition coefficient (Wildman–Crippen LogP) is 3.08. The molecule has 8 nitrogen and oxygen atoms in total. The van der Waals surface area contributed by atoms with Crippen LogP contribution < -0.4 is 9.64 Å². The van der Waals surface area contributed by atoms with Gasteiger partial charge in [-0.25, -0.2) is 13.4 Å². The van der Waals surface area contributed by atoms with E-state index in [0.717, 1.165) is 29.1 Å². The standard InChI is InChI=1S/C23H27N3O5S2/c1-3-33(28,29)19-6-4-5-17(15-19)22(27)26(10-9-25-11-13-31-14-12-25)23-24-20-8-7-18(30-2)16-21(20)32-23/h4-8,15-16H,3,9-14H2,1-2H3. The van der Waals surface area contributed by atoms with Crippen molar-refractivity contribution in [2.24, 2.45) is 0 Å². The molecule has 0 bridgehead atoms. The second-order valence-corrected chi connectivity index (χ2v) is 11.0. The Morgan fingerprint density at radius 1 is 1.21 bits per heavy atom. The summed E-state index contributed by atoms with van der Waals surface area (Å²) in [4.78, 5) is 22.4. The number of amides is 1. The Bertz CT molecular complexity index is 1240. The van der Waals surface area contributed by atoms with Crippen LogP contribution in [0, 0.1) is 0 Å². The lowest BCUT2D eigenvalue weighted by molar-refractivity contribution is 0.0391. The second-order valence-electron chi connectivity index (χ2n) is 7.67. The van der Waals surface area contributed by atoms with Gasteiger partial charge in [0.25, 0.3) is 5.91 Å². The third-order valence-corrected chi connectivity index (χ3v) is 8.40. The molecule has 0 aliphatic carbocycles. The molecule has 2 heterocycles. The molecule has 176 valence electrons. The van der Waals surface area contributed by atoms with Crippen molar-refractivity contribution in [2.75, 3.05) is 57.2 Å². The van der Waals surface area contributed by atoms with E-state index in [1.54, 1.807) is 31.1 Å². The van der Waals surface area contributed by atoms with Crippen LogP contribution in [0.5, 0.6) is 5.75 Å². The third kappa shape index (κ3) is 5.35. The second kappa shape index (κ2) is 10.2. The van der Waals surface area contributed by atoms with Crippen molar-refractivity contribution in [2.45, 2.75) is 11.8 Å². The third-order valence-electron chi connectivity index (χ3n) is 5.62. The van der Waals surface area contributed by atoms with Gasteiger partial charge in [-0.15, -0.1) is 0 Å². The first-order valence-electron chi connectivity index (χ1n) is 10.8. The highest BCUT2D eigenvalue weighted by Gasteiger charge is 2.24. The maximum atomic E-state index is 13.6. The molecule has 1 aliphatic rings. The molecule has 10 heteroatoms. The van der Waals surface area contributed by atoms with Crippen LogP contribution in [-0.4, -0.2) is 76.5 Å². The molecule has 0 radical (unpaired) electrons. The van der Waals surface area contributed by atoms with E-state index in [1.807, 2.05) is 18.2 Å². The summed E-state index contributed by atoms with van der Waals surface area (Å²) in [7, 11) is -1.81. The SMILES string of the molecule is CCS(=O)(=O)c1cccc(C(=O)N(CCN2CCOCC2)c2nc3ccc(OC)cc3s2)c1. The monoisotopic (exact) mass is 489 g/mol. The Morgan fingerprint density at radius 2 is 2.00 bits per heavy atom. The summed E-state index contributed by atoms with van der Waals surface area (Å²) in [5.74, 6) is 0.425. The average Bonchev–Trinajstić information content (AvgIpc) is 3.27. The summed E-state index contributed by atoms with van der Waals surface area (Å²) in [6.07, 6.45) is 0. The highest BCUT2D eigenvalue weighted by molar-refractivity contribution is 7.91. The molecule has 1 aromatic heterocycles. The lowest BCUT2D eigenvalue weighted by atomic mass is 10.2. The lowest BCUT2D eigenvalue weighted by Gasteiger charge is -2.29. The Balaban J connectivity index is 1.68. The van der Waals surface area contributed by atoms with Crippen LogP contribution in [-0.2, 0) is 14.6 Å². The number of hydrogen-bond acceptors (Lipinski definition) is 8. The van der Waals surface area contributed by atoms with Gasteiger partial charge in [0.2, 0.25) is 0 Å². The number of sulfone groups is 1. The molecule has 3 aromatic rings. The number of benzene rings is 2. The van der Waals surface area contributed by atoms with E-state index >= 15 is 0 Å². The van der Waals surface area contributed by atoms with Crippen molar-refractivity contribution in [3.05, 3.63) is 48.0 Å². The zero-order valence-electron chi connectivity index (χ0n) is 18.7. The molecule has 2 aromatic carbocycles. The maximum absolute atomic E-state index is 13.6. The van der Waals surface area contributed by atoms with Gasteiger partial charge in [-0.2, -0.15) is 0 Å². The fraction of sp³-hybridized carbons (Fsp3) is 0.391. The topological polar surface area (TPSA) is 89.0 Å². The van der Waals surface area contributed by atoms with Gasteiger partial charge >= 0.3 is 0 Å². The van der Waals surface area contributed by atoms with Crippen LogP contribution in [0.25, 0.3) is 10.2 Å². The molecule has 0 atom stereocenters. The van der Waals surface area contributed by atoms with Crippen LogP contribution in [0.4, 0.5) is 5.13 Å². The van der Waals surface area contributed by atoms with Gasteiger partial charge in [0.15, 0.2) is 15.0 Å². The first-order valence-corrected chi connectivity index (χ1v) is 13.3. The fourth-order valence-electron chi connectivity index (χ4n) is 3.63. The molecule has 1 amide bonds. The van der Waals surface area contributed by atoms with E-state index < -0.39 is 9.84 Å². The summed E-state index contributed by atoms with van der Waals surface area (Å²) in [6.45, 7) is 5.65. The fourth-order valence-corrected chi connectivity index (χ4v) is 5.57. The number of hydrogen-bond donors (Lipinski definition) is 0. The van der Waals surface area contributed by atoms with Crippen molar-refractivity contribution in [1.29, 1.82) is 0 Å². The van der Waals surface area contributed by atoms with Crippen molar-refractivity contribution >= 4 is 42.4 Å². The van der Waals surface area contributed by atoms with E-state index in [2.05, 4.69) is 4.90 Å². The van der Waals surface area contributed by atoms with Crippen LogP contribution >= 0.6 is 11.3 Å². The van der Waals surface area contributed by atoms with Gasteiger partial charge in [0.05, 0.1) is 41.2 Å². The van der Waals surface area contributed by atoms with E-state index in [1.165, 1.54) is 23.5 Å². The molecule has 0 N–H and O–H groups in total. The van der Waals surface area contributed by atoms with Gasteiger partial charge < -0.3 is 9.47 Å². The van der Waals surface area contributed by atoms with Crippen LogP contribution in [0.3, 0.4) is 0 Å². The first kappa shape index (κ1) is 23.6. The largest absolute Gasteiger partial charge is 0.497 e. The number of ether oxygens (including phenoxy) is 2. The molecule has 33 heavy (non-hydrogen) atoms. The van der Waals surface area contributed by atoms with E-state index in [-0.39, 0.29) is 16.6 Å². The van der Waals surface area contributed by atoms with Gasteiger partial charge in [0.1, 0.15) is 5.75 Å². The quantitative estimate of drug-likeness (QED) is 0.480. The van der Waals surface area contributed by atoms with Crippen molar-refractivity contribution in [3.8, 4) is 5.75 Å². The molecule has 1 fully saturated rings. The zero-order chi connectivity index (χ0) is 23.4. The van der Waals surface area contributed by atoms with Gasteiger partial charge in [-0.05, 0) is 36.4 Å². The normalized spacial score (nSPS) is 15.0. The van der Waals surface area contributed by atoms with Gasteiger partial charge in [0, 0.05) is 31.7 Å². The number of fused-ring (bicyclic) bond motifs is 1. The molecular formula is C23H27N3O5S2. The summed E-state index contributed by atoms with van der Waals surface area (Å²) in [5.41, 5.74) is 1.10. The predicted molar refractivity (Wildman–Crippen MR) is 129 cm³/mol. The molecule has 1 saturated heterocycles. The van der Waals surface area contributed by atoms with Crippen LogP contribution in [0.2, 0.25) is 0 Å². The molecular weight excluding hydrogens is 462 g/mol. The number of carbonyl (C=O) groups excluding carboxylic acids is 1. The van der Waals surface area contributed by atoms with E-state index in [4.69, 9.17) is 14.5 Å². The first-order chi connectivity index (χ1) is 15.9. The molecule has 0 saturated carbocycles. The zero-order valence-corrected chi connectivity index (χ0v) is 20.3. The number of methoxy groups -OCH3 is 1. The number of rotatable bonds is 8. The Labute approximate surface area is 197 Å². The molecule has 4 rings (SSSR count). The molecule has 0 unspecified atom stereocenters. The van der Waals surface area contributed by atoms with Crippen molar-refractivity contribution in [1.82, 2.24) is 9.88 Å². The summed E-state index contributed by atoms with van der Waals surface area (Å²) in [5, 5.41) is 0.570. The average molecular weight is 490 g/mol. The number of anilines is 1. The number of carbonyl (C=O) groups is 1. The Kier molecular flexibility index (Phi) is 7.28. The minimum atomic E-state index is -3.42. The minimum absolute atomic E-state index is 0.0227. The number of nitrogens with zero attached hydrogens (tertiary/aromatic N) is 3. The number of morpholine rings is 1. The summed E-state index contributed by atoms with van der Waals surface area (Å²) < 4.78 is 36.4. The van der Waals surface area contributed by atoms with Crippen molar-refractivity contribution < 1.29 is 22.7 Å². The van der Waals surface area contributed by atoms with Crippen LogP contribution in [0.1, 0.15) is 17.3 Å². The molecule has 0 spiro atoms. The lowest BCUT2D eigenvalue weighted by Crippen LogP contribution is -2.43. The van der Waals surface area contributed by atoms with Crippen molar-refractivity contribution in [3.63, 3.8) is 0 Å².